The Morgan fingerprint density at radius 2 is 1.88 bits per heavy atom. The van der Waals surface area contributed by atoms with Crippen LogP contribution in [-0.4, -0.2) is 36.6 Å². The van der Waals surface area contributed by atoms with Gasteiger partial charge in [0.25, 0.3) is 5.60 Å². The van der Waals surface area contributed by atoms with E-state index in [1.165, 1.54) is 33.1 Å². The molecule has 1 N–H and O–H groups in total. The van der Waals surface area contributed by atoms with Gasteiger partial charge in [-0.2, -0.15) is 13.2 Å². The molecule has 0 amide bonds. The highest BCUT2D eigenvalue weighted by Gasteiger charge is 2.61. The van der Waals surface area contributed by atoms with Crippen LogP contribution in [0.2, 0.25) is 0 Å². The zero-order valence-electron chi connectivity index (χ0n) is 15.0. The number of aliphatic hydroxyl groups is 1. The molecular weight excluding hydrogens is 356 g/mol. The van der Waals surface area contributed by atoms with Gasteiger partial charge in [-0.1, -0.05) is 13.0 Å². The van der Waals surface area contributed by atoms with Crippen LogP contribution >= 0.6 is 0 Å². The molecule has 0 aliphatic rings. The lowest BCUT2D eigenvalue weighted by Crippen LogP contribution is -2.53. The number of hydrogen-bond acceptors (Lipinski definition) is 4. The minimum atomic E-state index is -5.26. The van der Waals surface area contributed by atoms with Crippen molar-refractivity contribution in [2.75, 3.05) is 13.7 Å². The maximum atomic E-state index is 13.9. The molecule has 0 spiro atoms. The van der Waals surface area contributed by atoms with Gasteiger partial charge in [-0.15, -0.1) is 0 Å². The van der Waals surface area contributed by atoms with Gasteiger partial charge < -0.3 is 14.6 Å². The summed E-state index contributed by atoms with van der Waals surface area (Å²) in [5.41, 5.74) is -3.39. The summed E-state index contributed by atoms with van der Waals surface area (Å²) in [6, 6.07) is 2.36. The van der Waals surface area contributed by atoms with E-state index in [-0.39, 0.29) is 35.5 Å². The monoisotopic (exact) mass is 378 g/mol. The van der Waals surface area contributed by atoms with Crippen molar-refractivity contribution in [3.8, 4) is 5.75 Å². The van der Waals surface area contributed by atoms with Crippen molar-refractivity contribution in [1.29, 1.82) is 0 Å². The molecule has 1 aromatic carbocycles. The molecule has 0 bridgehead atoms. The molecule has 0 aliphatic carbocycles. The fraction of sp³-hybridized carbons (Fsp3) is 0.500. The molecule has 0 heterocycles. The van der Waals surface area contributed by atoms with Crippen LogP contribution in [0.15, 0.2) is 18.2 Å². The topological polar surface area (TPSA) is 55.8 Å². The standard InChI is InChI=1S/C18H22F4O4/c1-5-11(10-17(24,18(20,21)22)16(23)26-7-3)13-8-9-14(19)12(6-2)15(13)25-4/h5,8-9,24H,6-7,10H2,1-4H3/t17-/m1/s1. The molecule has 4 nitrogen and oxygen atoms in total. The van der Waals surface area contributed by atoms with Gasteiger partial charge in [0.2, 0.25) is 0 Å². The molecule has 0 fully saturated rings. The number of carbonyl (C=O) groups is 1. The van der Waals surface area contributed by atoms with E-state index in [4.69, 9.17) is 4.74 Å². The van der Waals surface area contributed by atoms with Gasteiger partial charge in [0.1, 0.15) is 11.6 Å². The first-order valence-electron chi connectivity index (χ1n) is 8.04. The molecule has 0 unspecified atom stereocenters. The molecule has 0 aliphatic heterocycles. The van der Waals surface area contributed by atoms with E-state index in [1.54, 1.807) is 6.92 Å². The summed E-state index contributed by atoms with van der Waals surface area (Å²) in [7, 11) is 1.27. The fourth-order valence-electron chi connectivity index (χ4n) is 2.59. The fourth-order valence-corrected chi connectivity index (χ4v) is 2.59. The Balaban J connectivity index is 3.47. The second-order valence-corrected chi connectivity index (χ2v) is 5.53. The Bertz CT molecular complexity index is 683. The minimum absolute atomic E-state index is 0.0237. The first-order chi connectivity index (χ1) is 12.1. The van der Waals surface area contributed by atoms with Crippen LogP contribution in [0.1, 0.15) is 38.3 Å². The number of rotatable bonds is 7. The molecule has 26 heavy (non-hydrogen) atoms. The smallest absolute Gasteiger partial charge is 0.428 e. The molecule has 0 saturated heterocycles. The maximum Gasteiger partial charge on any atom is 0.428 e. The first kappa shape index (κ1) is 22.0. The van der Waals surface area contributed by atoms with Gasteiger partial charge in [0.05, 0.1) is 13.7 Å². The molecule has 0 saturated carbocycles. The van der Waals surface area contributed by atoms with E-state index < -0.39 is 30.0 Å². The Labute approximate surface area is 149 Å². The normalized spacial score (nSPS) is 14.7. The van der Waals surface area contributed by atoms with E-state index in [1.807, 2.05) is 0 Å². The highest BCUT2D eigenvalue weighted by atomic mass is 19.4. The van der Waals surface area contributed by atoms with Crippen LogP contribution in [-0.2, 0) is 16.0 Å². The first-order valence-corrected chi connectivity index (χ1v) is 8.04. The molecule has 1 atom stereocenters. The van der Waals surface area contributed by atoms with Gasteiger partial charge in [-0.25, -0.2) is 9.18 Å². The number of esters is 1. The third-order valence-corrected chi connectivity index (χ3v) is 3.98. The predicted molar refractivity (Wildman–Crippen MR) is 88.2 cm³/mol. The van der Waals surface area contributed by atoms with Crippen LogP contribution in [0, 0.1) is 5.82 Å². The van der Waals surface area contributed by atoms with Crippen molar-refractivity contribution in [3.05, 3.63) is 35.2 Å². The van der Waals surface area contributed by atoms with Crippen molar-refractivity contribution in [1.82, 2.24) is 0 Å². The number of benzene rings is 1. The second-order valence-electron chi connectivity index (χ2n) is 5.53. The van der Waals surface area contributed by atoms with Crippen LogP contribution < -0.4 is 4.74 Å². The van der Waals surface area contributed by atoms with E-state index >= 15 is 0 Å². The van der Waals surface area contributed by atoms with Crippen molar-refractivity contribution < 1.29 is 36.9 Å². The third-order valence-electron chi connectivity index (χ3n) is 3.98. The predicted octanol–water partition coefficient (Wildman–Crippen LogP) is 4.05. The number of alkyl halides is 3. The van der Waals surface area contributed by atoms with Gasteiger partial charge >= 0.3 is 12.1 Å². The Morgan fingerprint density at radius 3 is 2.31 bits per heavy atom. The minimum Gasteiger partial charge on any atom is -0.496 e. The second kappa shape index (κ2) is 8.53. The molecule has 0 radical (unpaired) electrons. The lowest BCUT2D eigenvalue weighted by atomic mass is 9.88. The highest BCUT2D eigenvalue weighted by molar-refractivity contribution is 5.85. The number of ether oxygens (including phenoxy) is 2. The number of halogens is 4. The van der Waals surface area contributed by atoms with Crippen molar-refractivity contribution in [3.63, 3.8) is 0 Å². The summed E-state index contributed by atoms with van der Waals surface area (Å²) >= 11 is 0. The Kier molecular flexibility index (Phi) is 7.20. The molecule has 8 heteroatoms. The number of hydrogen-bond donors (Lipinski definition) is 1. The SMILES string of the molecule is CC=C(C[C@@](O)(C(=O)OCC)C(F)(F)F)c1ccc(F)c(CC)c1OC. The van der Waals surface area contributed by atoms with Crippen molar-refractivity contribution >= 4 is 11.5 Å². The number of carbonyl (C=O) groups excluding carboxylic acids is 1. The van der Waals surface area contributed by atoms with Crippen LogP contribution in [0.5, 0.6) is 5.75 Å². The summed E-state index contributed by atoms with van der Waals surface area (Å²) in [4.78, 5) is 11.8. The van der Waals surface area contributed by atoms with E-state index in [0.29, 0.717) is 0 Å². The lowest BCUT2D eigenvalue weighted by Gasteiger charge is -2.29. The van der Waals surface area contributed by atoms with E-state index in [0.717, 1.165) is 6.07 Å². The van der Waals surface area contributed by atoms with Gasteiger partial charge in [0, 0.05) is 17.5 Å². The average molecular weight is 378 g/mol. The van der Waals surface area contributed by atoms with Gasteiger partial charge in [0.15, 0.2) is 0 Å². The Hall–Kier alpha value is -2.09. The summed E-state index contributed by atoms with van der Waals surface area (Å²) in [6.45, 7) is 4.14. The lowest BCUT2D eigenvalue weighted by molar-refractivity contribution is -0.260. The zero-order valence-corrected chi connectivity index (χ0v) is 15.0. The van der Waals surface area contributed by atoms with Crippen LogP contribution in [0.4, 0.5) is 17.6 Å². The van der Waals surface area contributed by atoms with Gasteiger partial charge in [-0.3, -0.25) is 0 Å². The van der Waals surface area contributed by atoms with Gasteiger partial charge in [-0.05, 0) is 38.0 Å². The quantitative estimate of drug-likeness (QED) is 0.575. The summed E-state index contributed by atoms with van der Waals surface area (Å²) in [6.07, 6.45) is -4.78. The summed E-state index contributed by atoms with van der Waals surface area (Å²) in [5.74, 6) is -2.28. The third kappa shape index (κ3) is 4.17. The summed E-state index contributed by atoms with van der Waals surface area (Å²) < 4.78 is 63.8. The summed E-state index contributed by atoms with van der Waals surface area (Å²) in [5, 5.41) is 10.1. The maximum absolute atomic E-state index is 13.9. The van der Waals surface area contributed by atoms with Crippen molar-refractivity contribution in [2.45, 2.75) is 45.4 Å². The largest absolute Gasteiger partial charge is 0.496 e. The molecule has 1 aromatic rings. The molecular formula is C18H22F4O4. The average Bonchev–Trinajstić information content (AvgIpc) is 2.58. The number of allylic oxidation sites excluding steroid dienone is 1. The molecule has 0 aromatic heterocycles. The zero-order chi connectivity index (χ0) is 20.1. The van der Waals surface area contributed by atoms with E-state index in [9.17, 15) is 27.5 Å². The Morgan fingerprint density at radius 1 is 1.27 bits per heavy atom. The van der Waals surface area contributed by atoms with Crippen molar-refractivity contribution in [2.24, 2.45) is 0 Å². The van der Waals surface area contributed by atoms with E-state index in [2.05, 4.69) is 4.74 Å². The van der Waals surface area contributed by atoms with Crippen LogP contribution in [0.25, 0.3) is 5.57 Å². The van der Waals surface area contributed by atoms with Crippen LogP contribution in [0.3, 0.4) is 0 Å². The highest BCUT2D eigenvalue weighted by Crippen LogP contribution is 2.41. The molecule has 1 rings (SSSR count). The number of methoxy groups -OCH3 is 1. The molecule has 146 valence electrons.